The van der Waals surface area contributed by atoms with Crippen LogP contribution in [-0.2, 0) is 14.3 Å². The average Bonchev–Trinajstić information content (AvgIpc) is 2.49. The van der Waals surface area contributed by atoms with Crippen molar-refractivity contribution in [3.05, 3.63) is 22.6 Å². The summed E-state index contributed by atoms with van der Waals surface area (Å²) in [7, 11) is 0. The van der Waals surface area contributed by atoms with E-state index in [1.807, 2.05) is 27.7 Å². The third-order valence-corrected chi connectivity index (χ3v) is 4.10. The van der Waals surface area contributed by atoms with Gasteiger partial charge in [0.2, 0.25) is 0 Å². The van der Waals surface area contributed by atoms with Gasteiger partial charge in [0.15, 0.2) is 5.78 Å². The van der Waals surface area contributed by atoms with Gasteiger partial charge in [-0.3, -0.25) is 9.69 Å². The molecule has 7 heteroatoms. The Morgan fingerprint density at radius 3 is 2.61 bits per heavy atom. The number of amides is 1. The van der Waals surface area contributed by atoms with Crippen molar-refractivity contribution >= 4 is 40.4 Å². The number of halogens is 1. The molecule has 1 atom stereocenters. The van der Waals surface area contributed by atoms with Gasteiger partial charge in [0, 0.05) is 11.4 Å². The van der Waals surface area contributed by atoms with E-state index < -0.39 is 5.60 Å². The number of ether oxygens (including phenoxy) is 2. The number of carbonyl (C=O) groups is 2. The van der Waals surface area contributed by atoms with Gasteiger partial charge in [-0.05, 0) is 39.3 Å². The molecule has 5 nitrogen and oxygen atoms in total. The molecule has 0 aromatic carbocycles. The molecule has 0 aromatic rings. The van der Waals surface area contributed by atoms with Gasteiger partial charge >= 0.3 is 6.09 Å². The van der Waals surface area contributed by atoms with E-state index in [1.54, 1.807) is 17.1 Å². The van der Waals surface area contributed by atoms with Crippen LogP contribution in [0.1, 0.15) is 27.7 Å². The van der Waals surface area contributed by atoms with E-state index >= 15 is 0 Å². The van der Waals surface area contributed by atoms with Crippen LogP contribution >= 0.6 is 28.6 Å². The zero-order valence-corrected chi connectivity index (χ0v) is 16.4. The summed E-state index contributed by atoms with van der Waals surface area (Å²) >= 11 is 7.27. The zero-order valence-electron chi connectivity index (χ0n) is 14.0. The highest BCUT2D eigenvalue weighted by atomic mass is 79.9. The molecule has 130 valence electrons. The number of hydrogen-bond donors (Lipinski definition) is 1. The summed E-state index contributed by atoms with van der Waals surface area (Å²) in [6, 6.07) is -0.213. The number of Topliss-reactive ketones (excluding diaryl/α,β-unsaturated/α-hetero) is 1. The Bertz CT molecular complexity index is 511. The van der Waals surface area contributed by atoms with Crippen molar-refractivity contribution in [2.75, 3.05) is 25.1 Å². The highest BCUT2D eigenvalue weighted by molar-refractivity contribution is 9.09. The maximum atomic E-state index is 12.4. The Hall–Kier alpha value is -0.790. The Kier molecular flexibility index (Phi) is 7.83. The van der Waals surface area contributed by atoms with Crippen LogP contribution in [0.2, 0.25) is 0 Å². The van der Waals surface area contributed by atoms with Crippen molar-refractivity contribution in [1.29, 1.82) is 0 Å². The molecule has 1 unspecified atom stereocenters. The molecule has 1 aliphatic rings. The maximum Gasteiger partial charge on any atom is 0.410 e. The lowest BCUT2D eigenvalue weighted by Crippen LogP contribution is -2.50. The average molecular weight is 406 g/mol. The number of alkyl halides is 1. The smallest absolute Gasteiger partial charge is 0.410 e. The van der Waals surface area contributed by atoms with Gasteiger partial charge < -0.3 is 9.47 Å². The third kappa shape index (κ3) is 6.69. The van der Waals surface area contributed by atoms with Gasteiger partial charge in [0.25, 0.3) is 0 Å². The van der Waals surface area contributed by atoms with E-state index in [1.165, 1.54) is 0 Å². The third-order valence-electron chi connectivity index (χ3n) is 3.19. The number of hydrogen-bond acceptors (Lipinski definition) is 5. The molecule has 23 heavy (non-hydrogen) atoms. The minimum atomic E-state index is -0.544. The lowest BCUT2D eigenvalue weighted by Gasteiger charge is -2.37. The van der Waals surface area contributed by atoms with Crippen LogP contribution in [0, 0.1) is 0 Å². The number of allylic oxidation sites excluding steroid dienone is 3. The normalized spacial score (nSPS) is 20.4. The number of rotatable bonds is 4. The summed E-state index contributed by atoms with van der Waals surface area (Å²) in [6.07, 6.45) is 3.08. The molecule has 0 aromatic heterocycles. The van der Waals surface area contributed by atoms with Gasteiger partial charge in [0.05, 0.1) is 24.6 Å². The second-order valence-electron chi connectivity index (χ2n) is 6.28. The number of nitrogens with zero attached hydrogens (tertiary/aromatic N) is 1. The molecule has 1 aliphatic heterocycles. The molecule has 0 N–H and O–H groups in total. The lowest BCUT2D eigenvalue weighted by molar-refractivity contribution is -0.112. The summed E-state index contributed by atoms with van der Waals surface area (Å²) in [6.45, 7) is 8.78. The first kappa shape index (κ1) is 20.3. The van der Waals surface area contributed by atoms with Crippen molar-refractivity contribution in [2.24, 2.45) is 0 Å². The molecule has 0 spiro atoms. The number of thiol groups is 1. The van der Waals surface area contributed by atoms with Crippen LogP contribution in [0.4, 0.5) is 4.79 Å². The standard InChI is InChI=1S/C16H24BrNO4S/c1-11(5-6-14(23)13(19)9-17)12-10-21-8-7-18(12)15(20)22-16(2,3)4/h5-6,12,23H,7-10H2,1-4H3/b11-5+,14-6-. The van der Waals surface area contributed by atoms with E-state index in [0.717, 1.165) is 5.57 Å². The number of carbonyl (C=O) groups excluding carboxylic acids is 2. The fourth-order valence-electron chi connectivity index (χ4n) is 2.00. The quantitative estimate of drug-likeness (QED) is 0.337. The van der Waals surface area contributed by atoms with Crippen LogP contribution in [0.25, 0.3) is 0 Å². The first-order chi connectivity index (χ1) is 10.7. The highest BCUT2D eigenvalue weighted by Gasteiger charge is 2.31. The Balaban J connectivity index is 2.89. The fraction of sp³-hybridized carbons (Fsp3) is 0.625. The van der Waals surface area contributed by atoms with Crippen molar-refractivity contribution in [3.63, 3.8) is 0 Å². The summed E-state index contributed by atoms with van der Waals surface area (Å²) in [5.74, 6) is -0.0960. The van der Waals surface area contributed by atoms with Crippen LogP contribution < -0.4 is 0 Å². The summed E-state index contributed by atoms with van der Waals surface area (Å²) in [4.78, 5) is 25.9. The fourth-order valence-corrected chi connectivity index (χ4v) is 2.68. The predicted molar refractivity (Wildman–Crippen MR) is 97.2 cm³/mol. The van der Waals surface area contributed by atoms with E-state index in [9.17, 15) is 9.59 Å². The summed E-state index contributed by atoms with van der Waals surface area (Å²) in [5.41, 5.74) is 0.363. The van der Waals surface area contributed by atoms with Crippen LogP contribution in [0.5, 0.6) is 0 Å². The molecule has 1 fully saturated rings. The largest absolute Gasteiger partial charge is 0.444 e. The second-order valence-corrected chi connectivity index (χ2v) is 7.33. The van der Waals surface area contributed by atoms with Crippen molar-refractivity contribution in [1.82, 2.24) is 4.90 Å². The van der Waals surface area contributed by atoms with Crippen molar-refractivity contribution in [3.8, 4) is 0 Å². The first-order valence-corrected chi connectivity index (χ1v) is 8.96. The van der Waals surface area contributed by atoms with Crippen LogP contribution in [0.3, 0.4) is 0 Å². The second kappa shape index (κ2) is 8.89. The van der Waals surface area contributed by atoms with E-state index in [0.29, 0.717) is 24.7 Å². The van der Waals surface area contributed by atoms with E-state index in [2.05, 4.69) is 28.6 Å². The number of ketones is 1. The molecular weight excluding hydrogens is 382 g/mol. The van der Waals surface area contributed by atoms with Gasteiger partial charge in [0.1, 0.15) is 5.60 Å². The lowest BCUT2D eigenvalue weighted by atomic mass is 10.1. The van der Waals surface area contributed by atoms with Crippen LogP contribution in [-0.4, -0.2) is 53.5 Å². The topological polar surface area (TPSA) is 55.8 Å². The molecule has 1 heterocycles. The molecule has 0 aliphatic carbocycles. The van der Waals surface area contributed by atoms with Gasteiger partial charge in [-0.1, -0.05) is 22.0 Å². The predicted octanol–water partition coefficient (Wildman–Crippen LogP) is 3.35. The van der Waals surface area contributed by atoms with Crippen LogP contribution in [0.15, 0.2) is 22.6 Å². The van der Waals surface area contributed by atoms with Crippen molar-refractivity contribution in [2.45, 2.75) is 39.3 Å². The molecule has 1 rings (SSSR count). The Labute approximate surface area is 151 Å². The van der Waals surface area contributed by atoms with Gasteiger partial charge in [-0.15, -0.1) is 12.6 Å². The maximum absolute atomic E-state index is 12.4. The molecule has 1 saturated heterocycles. The van der Waals surface area contributed by atoms with Crippen molar-refractivity contribution < 1.29 is 19.1 Å². The first-order valence-electron chi connectivity index (χ1n) is 7.39. The molecule has 0 saturated carbocycles. The SMILES string of the molecule is C/C(=C\C=C(/S)C(=O)CBr)C1COCCN1C(=O)OC(C)(C)C. The zero-order chi connectivity index (χ0) is 17.6. The Morgan fingerprint density at radius 2 is 2.04 bits per heavy atom. The summed E-state index contributed by atoms with van der Waals surface area (Å²) < 4.78 is 10.9. The summed E-state index contributed by atoms with van der Waals surface area (Å²) in [5, 5.41) is 0.228. The van der Waals surface area contributed by atoms with Gasteiger partial charge in [-0.2, -0.15) is 0 Å². The minimum absolute atomic E-state index is 0.0960. The molecule has 1 amide bonds. The molecule has 0 bridgehead atoms. The monoisotopic (exact) mass is 405 g/mol. The van der Waals surface area contributed by atoms with E-state index in [4.69, 9.17) is 9.47 Å². The minimum Gasteiger partial charge on any atom is -0.444 e. The number of morpholine rings is 1. The highest BCUT2D eigenvalue weighted by Crippen LogP contribution is 2.20. The molecular formula is C16H24BrNO4S. The van der Waals surface area contributed by atoms with Gasteiger partial charge in [-0.25, -0.2) is 4.79 Å². The van der Waals surface area contributed by atoms with E-state index in [-0.39, 0.29) is 23.2 Å². The molecule has 0 radical (unpaired) electrons. The Morgan fingerprint density at radius 1 is 1.39 bits per heavy atom.